The number of anilines is 1. The van der Waals surface area contributed by atoms with Gasteiger partial charge in [-0.2, -0.15) is 4.68 Å². The molecule has 0 radical (unpaired) electrons. The lowest BCUT2D eigenvalue weighted by Gasteiger charge is -2.08. The van der Waals surface area contributed by atoms with Crippen molar-refractivity contribution in [1.29, 1.82) is 0 Å². The summed E-state index contributed by atoms with van der Waals surface area (Å²) in [5, 5.41) is 16.1. The van der Waals surface area contributed by atoms with E-state index >= 15 is 0 Å². The fourth-order valence-electron chi connectivity index (χ4n) is 2.77. The van der Waals surface area contributed by atoms with Crippen molar-refractivity contribution in [3.05, 3.63) is 65.2 Å². The lowest BCUT2D eigenvalue weighted by Crippen LogP contribution is -2.14. The number of aromatic nitrogens is 5. The summed E-state index contributed by atoms with van der Waals surface area (Å²) in [6, 6.07) is 11.7. The van der Waals surface area contributed by atoms with Crippen LogP contribution in [0.2, 0.25) is 0 Å². The monoisotopic (exact) mass is 424 g/mol. The molecular weight excluding hydrogens is 407 g/mol. The maximum absolute atomic E-state index is 14.3. The van der Waals surface area contributed by atoms with Crippen LogP contribution < -0.4 is 10.1 Å². The lowest BCUT2D eigenvalue weighted by atomic mass is 10.2. The first-order valence-electron chi connectivity index (χ1n) is 9.10. The van der Waals surface area contributed by atoms with E-state index < -0.39 is 11.7 Å². The van der Waals surface area contributed by atoms with E-state index in [9.17, 15) is 9.18 Å². The third-order valence-electron chi connectivity index (χ3n) is 4.22. The molecule has 2 aromatic heterocycles. The largest absolute Gasteiger partial charge is 0.494 e. The number of amides is 1. The average Bonchev–Trinajstić information content (AvgIpc) is 3.40. The minimum Gasteiger partial charge on any atom is -0.494 e. The predicted octanol–water partition coefficient (Wildman–Crippen LogP) is 3.88. The Morgan fingerprint density at radius 2 is 2.03 bits per heavy atom. The Hall–Kier alpha value is -3.66. The molecule has 0 atom stereocenters. The molecule has 2 aromatic carbocycles. The zero-order chi connectivity index (χ0) is 21.1. The van der Waals surface area contributed by atoms with Crippen molar-refractivity contribution in [3.8, 4) is 22.0 Å². The second kappa shape index (κ2) is 8.37. The van der Waals surface area contributed by atoms with Crippen LogP contribution in [0, 0.1) is 12.7 Å². The van der Waals surface area contributed by atoms with E-state index in [1.54, 1.807) is 12.3 Å². The minimum absolute atomic E-state index is 0.0167. The Bertz CT molecular complexity index is 1190. The molecule has 0 spiro atoms. The van der Waals surface area contributed by atoms with Crippen molar-refractivity contribution in [1.82, 2.24) is 25.2 Å². The number of hydrogen-bond donors (Lipinski definition) is 1. The molecule has 8 nitrogen and oxygen atoms in total. The summed E-state index contributed by atoms with van der Waals surface area (Å²) in [7, 11) is 0. The van der Waals surface area contributed by atoms with Gasteiger partial charge in [0.2, 0.25) is 0 Å². The highest BCUT2D eigenvalue weighted by molar-refractivity contribution is 7.13. The Labute approximate surface area is 175 Å². The fraction of sp³-hybridized carbons (Fsp3) is 0.150. The van der Waals surface area contributed by atoms with Crippen molar-refractivity contribution in [2.24, 2.45) is 0 Å². The van der Waals surface area contributed by atoms with Gasteiger partial charge in [-0.15, -0.1) is 16.4 Å². The normalized spacial score (nSPS) is 10.8. The van der Waals surface area contributed by atoms with Crippen LogP contribution >= 0.6 is 11.3 Å². The highest BCUT2D eigenvalue weighted by atomic mass is 32.1. The Kier molecular flexibility index (Phi) is 5.48. The minimum atomic E-state index is -0.570. The van der Waals surface area contributed by atoms with E-state index in [0.717, 1.165) is 11.3 Å². The lowest BCUT2D eigenvalue weighted by molar-refractivity contribution is 0.102. The zero-order valence-electron chi connectivity index (χ0n) is 16.2. The van der Waals surface area contributed by atoms with Crippen LogP contribution in [0.1, 0.15) is 23.2 Å². The van der Waals surface area contributed by atoms with E-state index in [0.29, 0.717) is 23.1 Å². The van der Waals surface area contributed by atoms with Gasteiger partial charge in [0.25, 0.3) is 5.91 Å². The highest BCUT2D eigenvalue weighted by Crippen LogP contribution is 2.27. The molecule has 0 bridgehead atoms. The van der Waals surface area contributed by atoms with Gasteiger partial charge < -0.3 is 10.1 Å². The van der Waals surface area contributed by atoms with Crippen molar-refractivity contribution < 1.29 is 13.9 Å². The van der Waals surface area contributed by atoms with Crippen molar-refractivity contribution in [2.75, 3.05) is 11.9 Å². The molecule has 0 fully saturated rings. The number of thiazole rings is 1. The summed E-state index contributed by atoms with van der Waals surface area (Å²) in [5.74, 6) is 0.232. The summed E-state index contributed by atoms with van der Waals surface area (Å²) < 4.78 is 21.1. The molecule has 2 heterocycles. The highest BCUT2D eigenvalue weighted by Gasteiger charge is 2.15. The van der Waals surface area contributed by atoms with Crippen LogP contribution in [-0.2, 0) is 0 Å². The summed E-state index contributed by atoms with van der Waals surface area (Å²) in [6.07, 6.45) is 0. The van der Waals surface area contributed by atoms with Gasteiger partial charge in [-0.3, -0.25) is 4.79 Å². The number of rotatable bonds is 6. The summed E-state index contributed by atoms with van der Waals surface area (Å²) in [5.41, 5.74) is 1.61. The molecule has 152 valence electrons. The van der Waals surface area contributed by atoms with Crippen LogP contribution in [0.4, 0.5) is 10.1 Å². The zero-order valence-corrected chi connectivity index (χ0v) is 17.0. The van der Waals surface area contributed by atoms with Gasteiger partial charge in [-0.25, -0.2) is 9.37 Å². The van der Waals surface area contributed by atoms with Gasteiger partial charge in [-0.05, 0) is 66.7 Å². The van der Waals surface area contributed by atoms with E-state index in [1.807, 2.05) is 31.2 Å². The molecule has 4 aromatic rings. The van der Waals surface area contributed by atoms with Gasteiger partial charge in [0.1, 0.15) is 22.3 Å². The Morgan fingerprint density at radius 3 is 2.73 bits per heavy atom. The molecular formula is C20H17FN6O2S. The maximum Gasteiger partial charge on any atom is 0.275 e. The second-order valence-corrected chi connectivity index (χ2v) is 7.11. The summed E-state index contributed by atoms with van der Waals surface area (Å²) in [4.78, 5) is 17.0. The van der Waals surface area contributed by atoms with Gasteiger partial charge >= 0.3 is 0 Å². The van der Waals surface area contributed by atoms with Crippen LogP contribution in [0.3, 0.4) is 0 Å². The van der Waals surface area contributed by atoms with Gasteiger partial charge in [0.15, 0.2) is 5.82 Å². The second-order valence-electron chi connectivity index (χ2n) is 6.25. The third-order valence-corrected chi connectivity index (χ3v) is 5.11. The fourth-order valence-corrected chi connectivity index (χ4v) is 3.57. The molecule has 10 heteroatoms. The standard InChI is InChI=1S/C20H17FN6O2S/c1-3-29-15-7-4-13(5-8-15)20-23-18(11-30-20)19(28)22-17-10-14(6-9-16(17)21)27-12(2)24-25-26-27/h4-11H,3H2,1-2H3,(H,22,28). The number of ether oxygens (including phenoxy) is 1. The molecule has 0 aliphatic rings. The van der Waals surface area contributed by atoms with Gasteiger partial charge in [-0.1, -0.05) is 0 Å². The first-order valence-corrected chi connectivity index (χ1v) is 9.98. The topological polar surface area (TPSA) is 94.8 Å². The smallest absolute Gasteiger partial charge is 0.275 e. The SMILES string of the molecule is CCOc1ccc(-c2nc(C(=O)Nc3cc(-n4nnnc4C)ccc3F)cs2)cc1. The van der Waals surface area contributed by atoms with Crippen molar-refractivity contribution in [3.63, 3.8) is 0 Å². The number of halogens is 1. The number of carbonyl (C=O) groups excluding carboxylic acids is 1. The molecule has 1 amide bonds. The maximum atomic E-state index is 14.3. The van der Waals surface area contributed by atoms with Crippen molar-refractivity contribution >= 4 is 22.9 Å². The van der Waals surface area contributed by atoms with E-state index in [4.69, 9.17) is 4.74 Å². The van der Waals surface area contributed by atoms with Crippen LogP contribution in [0.25, 0.3) is 16.3 Å². The Morgan fingerprint density at radius 1 is 1.23 bits per heavy atom. The number of carbonyl (C=O) groups is 1. The number of nitrogens with one attached hydrogen (secondary N) is 1. The molecule has 0 saturated carbocycles. The number of hydrogen-bond acceptors (Lipinski definition) is 7. The molecule has 0 saturated heterocycles. The van der Waals surface area contributed by atoms with Crippen LogP contribution in [-0.4, -0.2) is 37.7 Å². The average molecular weight is 424 g/mol. The summed E-state index contributed by atoms with van der Waals surface area (Å²) in [6.45, 7) is 4.23. The number of aryl methyl sites for hydroxylation is 1. The number of nitrogens with zero attached hydrogens (tertiary/aromatic N) is 5. The van der Waals surface area contributed by atoms with Gasteiger partial charge in [0.05, 0.1) is 18.0 Å². The van der Waals surface area contributed by atoms with Crippen LogP contribution in [0.5, 0.6) is 5.75 Å². The molecule has 30 heavy (non-hydrogen) atoms. The number of benzene rings is 2. The van der Waals surface area contributed by atoms with Crippen LogP contribution in [0.15, 0.2) is 47.8 Å². The first-order chi connectivity index (χ1) is 14.5. The quantitative estimate of drug-likeness (QED) is 0.505. The van der Waals surface area contributed by atoms with E-state index in [2.05, 4.69) is 25.8 Å². The molecule has 0 aliphatic carbocycles. The van der Waals surface area contributed by atoms with Gasteiger partial charge in [0, 0.05) is 10.9 Å². The summed E-state index contributed by atoms with van der Waals surface area (Å²) >= 11 is 1.33. The van der Waals surface area contributed by atoms with E-state index in [-0.39, 0.29) is 11.4 Å². The molecule has 1 N–H and O–H groups in total. The Balaban J connectivity index is 1.53. The molecule has 0 aliphatic heterocycles. The first kappa shape index (κ1) is 19.6. The third kappa shape index (κ3) is 4.03. The molecule has 0 unspecified atom stereocenters. The van der Waals surface area contributed by atoms with Crippen molar-refractivity contribution in [2.45, 2.75) is 13.8 Å². The molecule has 4 rings (SSSR count). The predicted molar refractivity (Wildman–Crippen MR) is 111 cm³/mol. The number of tetrazole rings is 1. The van der Waals surface area contributed by atoms with E-state index in [1.165, 1.54) is 34.2 Å².